The highest BCUT2D eigenvalue weighted by molar-refractivity contribution is 7.64. The van der Waals surface area contributed by atoms with E-state index in [0.29, 0.717) is 24.6 Å². The van der Waals surface area contributed by atoms with E-state index in [0.717, 1.165) is 22.2 Å². The molecule has 0 fully saturated rings. The zero-order valence-corrected chi connectivity index (χ0v) is 14.6. The van der Waals surface area contributed by atoms with E-state index in [4.69, 9.17) is 5.11 Å². The summed E-state index contributed by atoms with van der Waals surface area (Å²) in [5, 5.41) is 27.1. The Morgan fingerprint density at radius 2 is 2.25 bits per heavy atom. The molecule has 0 amide bonds. The van der Waals surface area contributed by atoms with Crippen molar-refractivity contribution in [3.8, 4) is 6.07 Å². The maximum atomic E-state index is 9.45. The highest BCUT2D eigenvalue weighted by Crippen LogP contribution is 2.32. The number of hydrogen-bond donors (Lipinski definition) is 4. The van der Waals surface area contributed by atoms with E-state index < -0.39 is 0 Å². The smallest absolute Gasteiger partial charge is 0.196 e. The summed E-state index contributed by atoms with van der Waals surface area (Å²) >= 11 is 0. The molecule has 3 rings (SSSR count). The summed E-state index contributed by atoms with van der Waals surface area (Å²) in [7, 11) is -0.228. The second kappa shape index (κ2) is 7.04. The number of H-pyrrole nitrogens is 1. The molecule has 124 valence electrons. The molecule has 1 aromatic heterocycles. The van der Waals surface area contributed by atoms with Crippen molar-refractivity contribution in [2.24, 2.45) is 4.99 Å². The van der Waals surface area contributed by atoms with Gasteiger partial charge in [0, 0.05) is 23.7 Å². The van der Waals surface area contributed by atoms with Gasteiger partial charge in [0.1, 0.15) is 0 Å². The summed E-state index contributed by atoms with van der Waals surface area (Å²) in [6, 6.07) is 8.53. The molecule has 6 nitrogen and oxygen atoms in total. The van der Waals surface area contributed by atoms with Crippen molar-refractivity contribution in [3.05, 3.63) is 35.5 Å². The minimum Gasteiger partial charge on any atom is -0.395 e. The van der Waals surface area contributed by atoms with Crippen LogP contribution in [0.15, 0.2) is 35.0 Å². The highest BCUT2D eigenvalue weighted by atomic mass is 31.1. The quantitative estimate of drug-likeness (QED) is 0.631. The number of aliphatic imine (C=N–C) groups is 1. The van der Waals surface area contributed by atoms with Crippen molar-refractivity contribution in [2.75, 3.05) is 33.0 Å². The van der Waals surface area contributed by atoms with E-state index in [-0.39, 0.29) is 14.5 Å². The first-order valence-corrected chi connectivity index (χ1v) is 9.96. The van der Waals surface area contributed by atoms with Gasteiger partial charge in [-0.25, -0.2) is 4.99 Å². The standard InChI is InChI=1S/C17H20N5OP/c1-24(2)14-5-3-4-12-13(10-20-16(12)14)15-11(8-18)9-21-17(22-15)19-6-7-23/h3-5,10,20,23H,6-7,9H2,1-2H3,(H2,19,21,22). The average molecular weight is 341 g/mol. The predicted molar refractivity (Wildman–Crippen MR) is 99.8 cm³/mol. The van der Waals surface area contributed by atoms with Gasteiger partial charge in [-0.15, -0.1) is 0 Å². The number of aromatic nitrogens is 1. The fraction of sp³-hybridized carbons (Fsp3) is 0.294. The third kappa shape index (κ3) is 3.01. The number of nitrogens with one attached hydrogen (secondary N) is 3. The number of benzene rings is 1. The van der Waals surface area contributed by atoms with Crippen molar-refractivity contribution in [2.45, 2.75) is 0 Å². The molecule has 0 unspecified atom stereocenters. The Balaban J connectivity index is 2.04. The number of aliphatic hydroxyl groups excluding tert-OH is 1. The summed E-state index contributed by atoms with van der Waals surface area (Å²) < 4.78 is 0. The van der Waals surface area contributed by atoms with Crippen LogP contribution in [-0.4, -0.2) is 49.1 Å². The van der Waals surface area contributed by atoms with E-state index in [1.54, 1.807) is 0 Å². The van der Waals surface area contributed by atoms with Crippen LogP contribution in [0, 0.1) is 11.3 Å². The van der Waals surface area contributed by atoms with Crippen LogP contribution in [0.25, 0.3) is 16.6 Å². The molecule has 0 radical (unpaired) electrons. The molecule has 0 bridgehead atoms. The van der Waals surface area contributed by atoms with E-state index in [1.165, 1.54) is 5.30 Å². The van der Waals surface area contributed by atoms with Gasteiger partial charge in [0.15, 0.2) is 5.96 Å². The zero-order valence-electron chi connectivity index (χ0n) is 13.7. The van der Waals surface area contributed by atoms with Crippen molar-refractivity contribution < 1.29 is 5.11 Å². The molecule has 0 saturated carbocycles. The second-order valence-corrected chi connectivity index (χ2v) is 7.97. The molecule has 2 aromatic rings. The molecule has 1 aliphatic heterocycles. The van der Waals surface area contributed by atoms with Gasteiger partial charge in [-0.05, 0) is 18.6 Å². The van der Waals surface area contributed by atoms with Crippen molar-refractivity contribution in [3.63, 3.8) is 0 Å². The summed E-state index contributed by atoms with van der Waals surface area (Å²) in [4.78, 5) is 7.67. The SMILES string of the molecule is CP(C)c1cccc2c(C3=C(C#N)CN=C(NCCO)N3)c[nH]c12. The van der Waals surface area contributed by atoms with Crippen LogP contribution in [-0.2, 0) is 0 Å². The third-order valence-electron chi connectivity index (χ3n) is 3.92. The number of fused-ring (bicyclic) bond motifs is 1. The van der Waals surface area contributed by atoms with E-state index in [9.17, 15) is 5.26 Å². The largest absolute Gasteiger partial charge is 0.395 e. The number of aromatic amines is 1. The lowest BCUT2D eigenvalue weighted by Crippen LogP contribution is -2.40. The molecule has 7 heteroatoms. The summed E-state index contributed by atoms with van der Waals surface area (Å²) in [6.07, 6.45) is 1.95. The average Bonchev–Trinajstić information content (AvgIpc) is 3.03. The number of aliphatic hydroxyl groups is 1. The molecular weight excluding hydrogens is 321 g/mol. The van der Waals surface area contributed by atoms with Gasteiger partial charge in [-0.2, -0.15) is 5.26 Å². The lowest BCUT2D eigenvalue weighted by Gasteiger charge is -2.20. The zero-order chi connectivity index (χ0) is 17.1. The molecule has 24 heavy (non-hydrogen) atoms. The Morgan fingerprint density at radius 3 is 2.96 bits per heavy atom. The predicted octanol–water partition coefficient (Wildman–Crippen LogP) is 1.31. The first-order valence-electron chi connectivity index (χ1n) is 7.73. The van der Waals surface area contributed by atoms with E-state index in [2.05, 4.69) is 58.2 Å². The molecule has 1 aliphatic rings. The monoisotopic (exact) mass is 341 g/mol. The Labute approximate surface area is 142 Å². The minimum atomic E-state index is -0.228. The van der Waals surface area contributed by atoms with Gasteiger partial charge in [0.25, 0.3) is 0 Å². The number of nitriles is 1. The van der Waals surface area contributed by atoms with Gasteiger partial charge < -0.3 is 20.7 Å². The van der Waals surface area contributed by atoms with Crippen molar-refractivity contribution in [1.82, 2.24) is 15.6 Å². The van der Waals surface area contributed by atoms with Crippen molar-refractivity contribution in [1.29, 1.82) is 5.26 Å². The van der Waals surface area contributed by atoms with Crippen LogP contribution < -0.4 is 15.9 Å². The molecule has 4 N–H and O–H groups in total. The maximum absolute atomic E-state index is 9.45. The Hall–Kier alpha value is -2.35. The Morgan fingerprint density at radius 1 is 1.42 bits per heavy atom. The molecule has 0 saturated heterocycles. The summed E-state index contributed by atoms with van der Waals surface area (Å²) in [5.41, 5.74) is 3.47. The highest BCUT2D eigenvalue weighted by Gasteiger charge is 2.20. The van der Waals surface area contributed by atoms with Gasteiger partial charge in [0.2, 0.25) is 0 Å². The minimum absolute atomic E-state index is 0.0256. The maximum Gasteiger partial charge on any atom is 0.196 e. The fourth-order valence-electron chi connectivity index (χ4n) is 2.78. The molecule has 0 aliphatic carbocycles. The van der Waals surface area contributed by atoms with Crippen LogP contribution in [0.4, 0.5) is 0 Å². The molecule has 0 atom stereocenters. The number of nitrogens with zero attached hydrogens (tertiary/aromatic N) is 2. The Kier molecular flexibility index (Phi) is 4.84. The van der Waals surface area contributed by atoms with Crippen LogP contribution in [0.3, 0.4) is 0 Å². The number of guanidine groups is 1. The van der Waals surface area contributed by atoms with Crippen molar-refractivity contribution >= 4 is 35.8 Å². The van der Waals surface area contributed by atoms with Crippen LogP contribution in [0.1, 0.15) is 5.56 Å². The summed E-state index contributed by atoms with van der Waals surface area (Å²) in [5.74, 6) is 0.580. The van der Waals surface area contributed by atoms with E-state index in [1.807, 2.05) is 6.20 Å². The van der Waals surface area contributed by atoms with Crippen LogP contribution in [0.5, 0.6) is 0 Å². The molecular formula is C17H20N5OP. The van der Waals surface area contributed by atoms with Gasteiger partial charge >= 0.3 is 0 Å². The normalized spacial score (nSPS) is 14.5. The topological polar surface area (TPSA) is 96.2 Å². The lowest BCUT2D eigenvalue weighted by atomic mass is 10.1. The summed E-state index contributed by atoms with van der Waals surface area (Å²) in [6.45, 7) is 5.22. The molecule has 0 spiro atoms. The fourth-order valence-corrected chi connectivity index (χ4v) is 3.80. The first kappa shape index (κ1) is 16.5. The van der Waals surface area contributed by atoms with Gasteiger partial charge in [-0.3, -0.25) is 0 Å². The number of hydrogen-bond acceptors (Lipinski definition) is 5. The first-order chi connectivity index (χ1) is 11.7. The third-order valence-corrected chi connectivity index (χ3v) is 5.26. The lowest BCUT2D eigenvalue weighted by molar-refractivity contribution is 0.300. The van der Waals surface area contributed by atoms with Crippen LogP contribution in [0.2, 0.25) is 0 Å². The van der Waals surface area contributed by atoms with Crippen LogP contribution >= 0.6 is 7.92 Å². The second-order valence-electron chi connectivity index (χ2n) is 5.70. The van der Waals surface area contributed by atoms with E-state index >= 15 is 0 Å². The Bertz CT molecular complexity index is 859. The van der Waals surface area contributed by atoms with Gasteiger partial charge in [-0.1, -0.05) is 26.1 Å². The van der Waals surface area contributed by atoms with Gasteiger partial charge in [0.05, 0.1) is 36.0 Å². The number of para-hydroxylation sites is 1. The molecule has 1 aromatic carbocycles. The number of rotatable bonds is 4. The molecule has 2 heterocycles.